The summed E-state index contributed by atoms with van der Waals surface area (Å²) in [7, 11) is 0. The average molecular weight is 349 g/mol. The second kappa shape index (κ2) is 6.05. The van der Waals surface area contributed by atoms with Gasteiger partial charge in [0.1, 0.15) is 5.52 Å². The Balaban J connectivity index is 1.30. The average Bonchev–Trinajstić information content (AvgIpc) is 3.47. The zero-order valence-corrected chi connectivity index (χ0v) is 14.3. The van der Waals surface area contributed by atoms with Crippen molar-refractivity contribution in [1.29, 1.82) is 0 Å². The Bertz CT molecular complexity index is 943. The van der Waals surface area contributed by atoms with Gasteiger partial charge in [0, 0.05) is 50.8 Å². The van der Waals surface area contributed by atoms with Crippen molar-refractivity contribution in [3.05, 3.63) is 42.6 Å². The molecule has 0 spiro atoms. The van der Waals surface area contributed by atoms with E-state index in [1.165, 1.54) is 12.8 Å². The first-order valence-corrected chi connectivity index (χ1v) is 8.93. The lowest BCUT2D eigenvalue weighted by Gasteiger charge is -2.34. The number of hydrogen-bond acceptors (Lipinski definition) is 6. The number of nitrogens with zero attached hydrogens (tertiary/aromatic N) is 7. The van der Waals surface area contributed by atoms with E-state index in [0.29, 0.717) is 30.6 Å². The first-order valence-electron chi connectivity index (χ1n) is 8.93. The van der Waals surface area contributed by atoms with Crippen LogP contribution in [0.2, 0.25) is 0 Å². The summed E-state index contributed by atoms with van der Waals surface area (Å²) >= 11 is 0. The highest BCUT2D eigenvalue weighted by atomic mass is 16.2. The van der Waals surface area contributed by atoms with Crippen molar-refractivity contribution in [2.24, 2.45) is 0 Å². The van der Waals surface area contributed by atoms with Gasteiger partial charge < -0.3 is 14.4 Å². The minimum absolute atomic E-state index is 0.00834. The van der Waals surface area contributed by atoms with Crippen LogP contribution < -0.4 is 4.90 Å². The van der Waals surface area contributed by atoms with E-state index in [9.17, 15) is 4.79 Å². The van der Waals surface area contributed by atoms with Crippen molar-refractivity contribution >= 4 is 23.0 Å². The third kappa shape index (κ3) is 2.67. The molecular formula is C18H19N7O. The molecule has 1 amide bonds. The number of piperazine rings is 1. The molecule has 1 saturated carbocycles. The topological polar surface area (TPSA) is 80.0 Å². The van der Waals surface area contributed by atoms with E-state index in [1.807, 2.05) is 17.3 Å². The molecule has 0 radical (unpaired) electrons. The predicted molar refractivity (Wildman–Crippen MR) is 95.9 cm³/mol. The SMILES string of the molecule is O=C(c1cnc2c(c1)ncn2C1CC1)N1CCN(c2ncccn2)CC1. The Hall–Kier alpha value is -3.03. The molecule has 5 rings (SSSR count). The van der Waals surface area contributed by atoms with Gasteiger partial charge >= 0.3 is 0 Å². The second-order valence-corrected chi connectivity index (χ2v) is 6.78. The minimum atomic E-state index is 0.00834. The van der Waals surface area contributed by atoms with Gasteiger partial charge in [0.05, 0.1) is 11.9 Å². The molecule has 0 atom stereocenters. The summed E-state index contributed by atoms with van der Waals surface area (Å²) < 4.78 is 2.11. The number of aromatic nitrogens is 5. The van der Waals surface area contributed by atoms with Crippen molar-refractivity contribution in [3.8, 4) is 0 Å². The van der Waals surface area contributed by atoms with Gasteiger partial charge in [-0.25, -0.2) is 19.9 Å². The van der Waals surface area contributed by atoms with E-state index >= 15 is 0 Å². The number of pyridine rings is 1. The largest absolute Gasteiger partial charge is 0.337 e. The molecule has 1 saturated heterocycles. The Morgan fingerprint density at radius 2 is 1.77 bits per heavy atom. The summed E-state index contributed by atoms with van der Waals surface area (Å²) in [5.74, 6) is 0.724. The molecule has 3 aromatic rings. The highest BCUT2D eigenvalue weighted by Gasteiger charge is 2.27. The van der Waals surface area contributed by atoms with Crippen LogP contribution in [0.1, 0.15) is 29.2 Å². The number of fused-ring (bicyclic) bond motifs is 1. The normalized spacial score (nSPS) is 17.7. The van der Waals surface area contributed by atoms with E-state index in [0.717, 1.165) is 24.3 Å². The smallest absolute Gasteiger partial charge is 0.255 e. The molecule has 2 aliphatic rings. The van der Waals surface area contributed by atoms with Crippen LogP contribution in [0.4, 0.5) is 5.95 Å². The molecule has 8 nitrogen and oxygen atoms in total. The van der Waals surface area contributed by atoms with Crippen LogP contribution in [0.25, 0.3) is 11.2 Å². The van der Waals surface area contributed by atoms with E-state index in [1.54, 1.807) is 24.7 Å². The molecule has 2 fully saturated rings. The highest BCUT2D eigenvalue weighted by Crippen LogP contribution is 2.36. The van der Waals surface area contributed by atoms with Crippen molar-refractivity contribution in [1.82, 2.24) is 29.4 Å². The molecular weight excluding hydrogens is 330 g/mol. The minimum Gasteiger partial charge on any atom is -0.337 e. The van der Waals surface area contributed by atoms with Gasteiger partial charge in [-0.05, 0) is 25.0 Å². The van der Waals surface area contributed by atoms with Crippen LogP contribution in [0.3, 0.4) is 0 Å². The van der Waals surface area contributed by atoms with E-state index in [-0.39, 0.29) is 5.91 Å². The van der Waals surface area contributed by atoms with E-state index < -0.39 is 0 Å². The van der Waals surface area contributed by atoms with Gasteiger partial charge in [-0.2, -0.15) is 0 Å². The number of amides is 1. The van der Waals surface area contributed by atoms with E-state index in [2.05, 4.69) is 29.4 Å². The fourth-order valence-corrected chi connectivity index (χ4v) is 3.40. The fraction of sp³-hybridized carbons (Fsp3) is 0.389. The maximum atomic E-state index is 12.8. The van der Waals surface area contributed by atoms with E-state index in [4.69, 9.17) is 0 Å². The fourth-order valence-electron chi connectivity index (χ4n) is 3.40. The van der Waals surface area contributed by atoms with Crippen molar-refractivity contribution < 1.29 is 4.79 Å². The Morgan fingerprint density at radius 3 is 2.50 bits per heavy atom. The first kappa shape index (κ1) is 15.2. The van der Waals surface area contributed by atoms with Gasteiger partial charge in [-0.15, -0.1) is 0 Å². The summed E-state index contributed by atoms with van der Waals surface area (Å²) in [6.45, 7) is 2.74. The summed E-state index contributed by atoms with van der Waals surface area (Å²) in [6.07, 6.45) is 9.36. The maximum absolute atomic E-state index is 12.8. The number of hydrogen-bond donors (Lipinski definition) is 0. The standard InChI is InChI=1S/C18H19N7O/c26-17(23-6-8-24(9-7-23)18-19-4-1-5-20-18)13-10-15-16(21-11-13)25(12-22-15)14-2-3-14/h1,4-5,10-12,14H,2-3,6-9H2. The molecule has 0 aromatic carbocycles. The molecule has 8 heteroatoms. The lowest BCUT2D eigenvalue weighted by Crippen LogP contribution is -2.49. The van der Waals surface area contributed by atoms with Gasteiger partial charge in [0.25, 0.3) is 5.91 Å². The Kier molecular flexibility index (Phi) is 3.55. The number of carbonyl (C=O) groups excluding carboxylic acids is 1. The van der Waals surface area contributed by atoms with Crippen molar-refractivity contribution in [3.63, 3.8) is 0 Å². The van der Waals surface area contributed by atoms with Crippen LogP contribution in [0.15, 0.2) is 37.1 Å². The molecule has 3 aromatic heterocycles. The third-order valence-electron chi connectivity index (χ3n) is 5.00. The number of carbonyl (C=O) groups is 1. The quantitative estimate of drug-likeness (QED) is 0.713. The monoisotopic (exact) mass is 349 g/mol. The molecule has 0 N–H and O–H groups in total. The van der Waals surface area contributed by atoms with Crippen LogP contribution in [-0.2, 0) is 0 Å². The lowest BCUT2D eigenvalue weighted by atomic mass is 10.2. The Morgan fingerprint density at radius 1 is 1.00 bits per heavy atom. The zero-order valence-electron chi connectivity index (χ0n) is 14.3. The van der Waals surface area contributed by atoms with Gasteiger partial charge in [-0.3, -0.25) is 4.79 Å². The summed E-state index contributed by atoms with van der Waals surface area (Å²) in [4.78, 5) is 34.3. The summed E-state index contributed by atoms with van der Waals surface area (Å²) in [5.41, 5.74) is 2.26. The van der Waals surface area contributed by atoms with Gasteiger partial charge in [0.2, 0.25) is 5.95 Å². The second-order valence-electron chi connectivity index (χ2n) is 6.78. The number of anilines is 1. The summed E-state index contributed by atoms with van der Waals surface area (Å²) in [6, 6.07) is 4.19. The molecule has 26 heavy (non-hydrogen) atoms. The molecule has 1 aliphatic carbocycles. The number of imidazole rings is 1. The maximum Gasteiger partial charge on any atom is 0.255 e. The zero-order chi connectivity index (χ0) is 17.5. The molecule has 4 heterocycles. The number of rotatable bonds is 3. The highest BCUT2D eigenvalue weighted by molar-refractivity contribution is 5.96. The van der Waals surface area contributed by atoms with Crippen molar-refractivity contribution in [2.75, 3.05) is 31.1 Å². The van der Waals surface area contributed by atoms with Crippen LogP contribution in [0.5, 0.6) is 0 Å². The molecule has 0 bridgehead atoms. The predicted octanol–water partition coefficient (Wildman–Crippen LogP) is 1.52. The Labute approximate surface area is 150 Å². The van der Waals surface area contributed by atoms with Crippen molar-refractivity contribution in [2.45, 2.75) is 18.9 Å². The third-order valence-corrected chi connectivity index (χ3v) is 5.00. The van der Waals surface area contributed by atoms with Crippen LogP contribution >= 0.6 is 0 Å². The van der Waals surface area contributed by atoms with Crippen LogP contribution in [0, 0.1) is 0 Å². The van der Waals surface area contributed by atoms with Gasteiger partial charge in [-0.1, -0.05) is 0 Å². The molecule has 0 unspecified atom stereocenters. The lowest BCUT2D eigenvalue weighted by molar-refractivity contribution is 0.0746. The first-order chi connectivity index (χ1) is 12.8. The van der Waals surface area contributed by atoms with Crippen LogP contribution in [-0.4, -0.2) is 61.5 Å². The molecule has 132 valence electrons. The molecule has 1 aliphatic heterocycles. The van der Waals surface area contributed by atoms with Gasteiger partial charge in [0.15, 0.2) is 5.65 Å². The summed E-state index contributed by atoms with van der Waals surface area (Å²) in [5, 5.41) is 0.